The molecule has 3 nitrogen and oxygen atoms in total. The topological polar surface area (TPSA) is 53.2 Å². The third-order valence-electron chi connectivity index (χ3n) is 5.14. The smallest absolute Gasteiger partial charge is 0.309 e. The van der Waals surface area contributed by atoms with Crippen LogP contribution in [-0.2, 0) is 4.65 Å². The quantitative estimate of drug-likeness (QED) is 0.785. The fourth-order valence-electron chi connectivity index (χ4n) is 2.74. The van der Waals surface area contributed by atoms with Crippen molar-refractivity contribution in [2.45, 2.75) is 58.7 Å². The first-order chi connectivity index (χ1) is 11.6. The molecule has 0 aliphatic heterocycles. The second-order valence-corrected chi connectivity index (χ2v) is 8.01. The highest BCUT2D eigenvalue weighted by atomic mass is 16.5. The molecule has 0 saturated carbocycles. The summed E-state index contributed by atoms with van der Waals surface area (Å²) in [7, 11) is 0.445. The first kappa shape index (κ1) is 19.5. The maximum atomic E-state index is 10.8. The van der Waals surface area contributed by atoms with Gasteiger partial charge in [-0.05, 0) is 62.4 Å². The summed E-state index contributed by atoms with van der Waals surface area (Å²) in [6, 6.07) is 13.9. The van der Waals surface area contributed by atoms with Crippen LogP contribution in [0.5, 0.6) is 0 Å². The lowest BCUT2D eigenvalue weighted by atomic mass is 9.78. The number of rotatable bonds is 7. The molecule has 0 aliphatic rings. The molecule has 1 atom stereocenters. The summed E-state index contributed by atoms with van der Waals surface area (Å²) in [4.78, 5) is 0. The molecule has 2 aromatic carbocycles. The summed E-state index contributed by atoms with van der Waals surface area (Å²) in [6.45, 7) is 10.1. The van der Waals surface area contributed by atoms with Crippen molar-refractivity contribution in [2.75, 3.05) is 0 Å². The van der Waals surface area contributed by atoms with E-state index >= 15 is 0 Å². The maximum Gasteiger partial charge on any atom is 0.309 e. The molecular weight excluding hydrogens is 309 g/mol. The molecule has 0 aliphatic carbocycles. The number of benzene rings is 2. The average molecular weight is 337 g/mol. The Labute approximate surface area is 151 Å². The molecular formula is C21H28BNO2. The Morgan fingerprint density at radius 2 is 1.76 bits per heavy atom. The monoisotopic (exact) mass is 337 g/mol. The molecule has 0 spiro atoms. The highest BCUT2D eigenvalue weighted by Gasteiger charge is 2.39. The number of nitrogens with zero attached hydrogens (tertiary/aromatic N) is 1. The Morgan fingerprint density at radius 3 is 2.40 bits per heavy atom. The summed E-state index contributed by atoms with van der Waals surface area (Å²) in [5.74, 6) is 0.557. The van der Waals surface area contributed by atoms with Crippen LogP contribution in [0, 0.1) is 17.2 Å². The van der Waals surface area contributed by atoms with Crippen molar-refractivity contribution in [3.8, 4) is 6.07 Å². The van der Waals surface area contributed by atoms with Crippen LogP contribution >= 0.6 is 0 Å². The normalized spacial score (nSPS) is 14.3. The van der Waals surface area contributed by atoms with Crippen molar-refractivity contribution in [3.63, 3.8) is 0 Å². The van der Waals surface area contributed by atoms with E-state index in [1.54, 1.807) is 0 Å². The van der Waals surface area contributed by atoms with Gasteiger partial charge in [0.15, 0.2) is 0 Å². The predicted octanol–water partition coefficient (Wildman–Crippen LogP) is 3.67. The summed E-state index contributed by atoms with van der Waals surface area (Å²) in [5.41, 5.74) is 0.209. The van der Waals surface area contributed by atoms with Gasteiger partial charge in [0.2, 0.25) is 0 Å². The predicted molar refractivity (Wildman–Crippen MR) is 105 cm³/mol. The Hall–Kier alpha value is -1.83. The van der Waals surface area contributed by atoms with E-state index in [9.17, 15) is 5.11 Å². The zero-order valence-electron chi connectivity index (χ0n) is 16.0. The molecule has 2 rings (SSSR count). The van der Waals surface area contributed by atoms with Gasteiger partial charge in [-0.15, -0.1) is 0 Å². The van der Waals surface area contributed by atoms with Crippen molar-refractivity contribution < 1.29 is 9.76 Å². The van der Waals surface area contributed by atoms with Gasteiger partial charge >= 0.3 is 7.48 Å². The third kappa shape index (κ3) is 4.84. The van der Waals surface area contributed by atoms with Gasteiger partial charge < -0.3 is 9.76 Å². The molecule has 0 aromatic heterocycles. The number of hydrogen-bond donors (Lipinski definition) is 1. The molecule has 4 heteroatoms. The van der Waals surface area contributed by atoms with Crippen LogP contribution in [0.25, 0.3) is 10.8 Å². The van der Waals surface area contributed by atoms with E-state index in [1.807, 2.05) is 51.1 Å². The van der Waals surface area contributed by atoms with Gasteiger partial charge in [0, 0.05) is 0 Å². The van der Waals surface area contributed by atoms with Crippen LogP contribution in [0.1, 0.15) is 53.0 Å². The number of fused-ring (bicyclic) bond motifs is 1. The Morgan fingerprint density at radius 1 is 1.12 bits per heavy atom. The summed E-state index contributed by atoms with van der Waals surface area (Å²) >= 11 is 0. The lowest BCUT2D eigenvalue weighted by Crippen LogP contribution is -2.51. The largest absolute Gasteiger partial charge is 0.427 e. The molecule has 2 aromatic rings. The standard InChI is InChI=1S/C21H28BNO2/c1-15(2)10-11-21(5,24)20(3,4)25-22-19-9-8-17-12-16(14-23)6-7-18(17)13-19/h6-9,12-13,15,22,24H,10-11H2,1-5H3. The second kappa shape index (κ2) is 7.60. The number of hydrogen-bond acceptors (Lipinski definition) is 3. The molecule has 0 radical (unpaired) electrons. The fourth-order valence-corrected chi connectivity index (χ4v) is 2.74. The number of nitriles is 1. The molecule has 0 amide bonds. The van der Waals surface area contributed by atoms with Crippen LogP contribution < -0.4 is 5.46 Å². The van der Waals surface area contributed by atoms with Crippen LogP contribution in [0.2, 0.25) is 0 Å². The van der Waals surface area contributed by atoms with Crippen molar-refractivity contribution in [3.05, 3.63) is 42.0 Å². The Kier molecular flexibility index (Phi) is 5.93. The van der Waals surface area contributed by atoms with E-state index in [4.69, 9.17) is 9.92 Å². The lowest BCUT2D eigenvalue weighted by molar-refractivity contribution is -0.109. The maximum absolute atomic E-state index is 10.8. The van der Waals surface area contributed by atoms with Crippen LogP contribution in [-0.4, -0.2) is 23.8 Å². The highest BCUT2D eigenvalue weighted by molar-refractivity contribution is 6.47. The zero-order chi connectivity index (χ0) is 18.7. The van der Waals surface area contributed by atoms with Crippen LogP contribution in [0.15, 0.2) is 36.4 Å². The van der Waals surface area contributed by atoms with Gasteiger partial charge in [0.05, 0.1) is 22.8 Å². The zero-order valence-corrected chi connectivity index (χ0v) is 16.0. The summed E-state index contributed by atoms with van der Waals surface area (Å²) < 4.78 is 6.10. The molecule has 0 bridgehead atoms. The average Bonchev–Trinajstić information content (AvgIpc) is 2.57. The molecule has 1 N–H and O–H groups in total. The van der Waals surface area contributed by atoms with Crippen molar-refractivity contribution in [1.29, 1.82) is 5.26 Å². The molecule has 132 valence electrons. The summed E-state index contributed by atoms with van der Waals surface area (Å²) in [5, 5.41) is 22.0. The molecule has 0 fully saturated rings. The van der Waals surface area contributed by atoms with E-state index in [0.717, 1.165) is 22.7 Å². The minimum Gasteiger partial charge on any atom is -0.427 e. The van der Waals surface area contributed by atoms with Gasteiger partial charge in [0.1, 0.15) is 0 Å². The molecule has 0 heterocycles. The molecule has 25 heavy (non-hydrogen) atoms. The third-order valence-corrected chi connectivity index (χ3v) is 5.14. The molecule has 1 unspecified atom stereocenters. The first-order valence-corrected chi connectivity index (χ1v) is 8.94. The lowest BCUT2D eigenvalue weighted by Gasteiger charge is -2.41. The second-order valence-electron chi connectivity index (χ2n) is 8.01. The van der Waals surface area contributed by atoms with Gasteiger partial charge in [-0.2, -0.15) is 5.26 Å². The number of aliphatic hydroxyl groups is 1. The Balaban J connectivity index is 2.09. The van der Waals surface area contributed by atoms with Gasteiger partial charge in [-0.25, -0.2) is 0 Å². The minimum atomic E-state index is -0.879. The summed E-state index contributed by atoms with van der Waals surface area (Å²) in [6.07, 6.45) is 1.68. The Bertz CT molecular complexity index is 775. The molecule has 0 saturated heterocycles. The van der Waals surface area contributed by atoms with Gasteiger partial charge in [-0.3, -0.25) is 0 Å². The van der Waals surface area contributed by atoms with E-state index in [-0.39, 0.29) is 0 Å². The highest BCUT2D eigenvalue weighted by Crippen LogP contribution is 2.30. The van der Waals surface area contributed by atoms with Crippen LogP contribution in [0.4, 0.5) is 0 Å². The van der Waals surface area contributed by atoms with Crippen molar-refractivity contribution in [2.24, 2.45) is 5.92 Å². The van der Waals surface area contributed by atoms with E-state index in [1.165, 1.54) is 0 Å². The van der Waals surface area contributed by atoms with Gasteiger partial charge in [0.25, 0.3) is 0 Å². The van der Waals surface area contributed by atoms with Crippen molar-refractivity contribution in [1.82, 2.24) is 0 Å². The van der Waals surface area contributed by atoms with Crippen LogP contribution in [0.3, 0.4) is 0 Å². The fraction of sp³-hybridized carbons (Fsp3) is 0.476. The minimum absolute atomic E-state index is 0.445. The first-order valence-electron chi connectivity index (χ1n) is 8.94. The van der Waals surface area contributed by atoms with E-state index in [0.29, 0.717) is 25.4 Å². The van der Waals surface area contributed by atoms with Crippen molar-refractivity contribution >= 4 is 23.7 Å². The van der Waals surface area contributed by atoms with E-state index in [2.05, 4.69) is 26.0 Å². The SMILES string of the molecule is CC(C)CCC(C)(O)C(C)(C)OBc1ccc2cc(C#N)ccc2c1. The van der Waals surface area contributed by atoms with Gasteiger partial charge in [-0.1, -0.05) is 43.6 Å². The van der Waals surface area contributed by atoms with E-state index < -0.39 is 11.2 Å².